The van der Waals surface area contributed by atoms with E-state index < -0.39 is 0 Å². The number of rotatable bonds is 6. The second kappa shape index (κ2) is 6.36. The molecule has 0 bridgehead atoms. The first-order valence-corrected chi connectivity index (χ1v) is 5.53. The van der Waals surface area contributed by atoms with Crippen LogP contribution in [-0.2, 0) is 16.3 Å². The first-order valence-electron chi connectivity index (χ1n) is 5.53. The van der Waals surface area contributed by atoms with Crippen molar-refractivity contribution >= 4 is 5.91 Å². The third kappa shape index (κ3) is 3.28. The maximum atomic E-state index is 11.8. The summed E-state index contributed by atoms with van der Waals surface area (Å²) < 4.78 is 7.19. The second-order valence-electron chi connectivity index (χ2n) is 3.67. The number of hydrogen-bond acceptors (Lipinski definition) is 4. The summed E-state index contributed by atoms with van der Waals surface area (Å²) in [4.78, 5) is 20.7. The molecule has 1 aromatic rings. The maximum absolute atomic E-state index is 11.8. The molecule has 0 aliphatic rings. The van der Waals surface area contributed by atoms with E-state index in [0.29, 0.717) is 19.0 Å². The zero-order valence-corrected chi connectivity index (χ0v) is 10.8. The van der Waals surface area contributed by atoms with Gasteiger partial charge in [0.2, 0.25) is 0 Å². The Balaban J connectivity index is 2.73. The molecule has 17 heavy (non-hydrogen) atoms. The summed E-state index contributed by atoms with van der Waals surface area (Å²) in [5, 5.41) is 1.15. The highest BCUT2D eigenvalue weighted by Gasteiger charge is 2.18. The predicted octanol–water partition coefficient (Wildman–Crippen LogP) is 1.21. The molecule has 0 spiro atoms. The van der Waals surface area contributed by atoms with Gasteiger partial charge in [0.25, 0.3) is 5.91 Å². The average Bonchev–Trinajstić information content (AvgIpc) is 2.69. The summed E-state index contributed by atoms with van der Waals surface area (Å²) in [5.74, 6) is -0.265. The highest BCUT2D eigenvalue weighted by molar-refractivity contribution is 5.92. The van der Waals surface area contributed by atoms with E-state index in [9.17, 15) is 4.79 Å². The summed E-state index contributed by atoms with van der Waals surface area (Å²) in [6.07, 6.45) is 2.56. The summed E-state index contributed by atoms with van der Waals surface area (Å²) in [6.45, 7) is 4.98. The summed E-state index contributed by atoms with van der Waals surface area (Å²) in [6, 6.07) is 0. The molecule has 1 rings (SSSR count). The largest absolute Gasteiger partial charge is 0.361 e. The Morgan fingerprint density at radius 1 is 1.59 bits per heavy atom. The molecular formula is C11H19N3O3. The van der Waals surface area contributed by atoms with Crippen LogP contribution in [0.1, 0.15) is 29.5 Å². The van der Waals surface area contributed by atoms with Crippen LogP contribution in [0.2, 0.25) is 0 Å². The summed E-state index contributed by atoms with van der Waals surface area (Å²) >= 11 is 0. The van der Waals surface area contributed by atoms with Crippen molar-refractivity contribution in [3.8, 4) is 0 Å². The number of imidazole rings is 1. The molecule has 6 heteroatoms. The number of carbonyl (C=O) groups is 1. The zero-order chi connectivity index (χ0) is 12.8. The Morgan fingerprint density at radius 3 is 2.88 bits per heavy atom. The number of ether oxygens (including phenoxy) is 1. The zero-order valence-electron chi connectivity index (χ0n) is 10.8. The van der Waals surface area contributed by atoms with E-state index in [1.807, 2.05) is 13.8 Å². The number of carbonyl (C=O) groups excluding carboxylic acids is 1. The van der Waals surface area contributed by atoms with Crippen LogP contribution in [0.4, 0.5) is 0 Å². The molecule has 0 fully saturated rings. The summed E-state index contributed by atoms with van der Waals surface area (Å²) in [7, 11) is 2.99. The Labute approximate surface area is 101 Å². The Morgan fingerprint density at radius 2 is 2.29 bits per heavy atom. The number of nitrogens with zero attached hydrogens (tertiary/aromatic N) is 3. The van der Waals surface area contributed by atoms with Crippen LogP contribution >= 0.6 is 0 Å². The third-order valence-corrected chi connectivity index (χ3v) is 2.44. The van der Waals surface area contributed by atoms with E-state index in [2.05, 4.69) is 4.98 Å². The van der Waals surface area contributed by atoms with E-state index in [0.717, 1.165) is 17.2 Å². The van der Waals surface area contributed by atoms with Crippen LogP contribution in [0, 0.1) is 6.92 Å². The van der Waals surface area contributed by atoms with E-state index in [4.69, 9.17) is 9.57 Å². The Bertz CT molecular complexity index is 376. The fourth-order valence-electron chi connectivity index (χ4n) is 1.32. The number of hydroxylamine groups is 2. The molecule has 0 unspecified atom stereocenters. The lowest BCUT2D eigenvalue weighted by Crippen LogP contribution is -2.26. The number of amides is 1. The van der Waals surface area contributed by atoms with Gasteiger partial charge in [-0.05, 0) is 13.3 Å². The van der Waals surface area contributed by atoms with Crippen molar-refractivity contribution in [2.24, 2.45) is 0 Å². The number of aromatic nitrogens is 2. The summed E-state index contributed by atoms with van der Waals surface area (Å²) in [5.41, 5.74) is 1.16. The molecule has 0 N–H and O–H groups in total. The first kappa shape index (κ1) is 13.7. The van der Waals surface area contributed by atoms with Gasteiger partial charge < -0.3 is 9.30 Å². The van der Waals surface area contributed by atoms with E-state index in [-0.39, 0.29) is 5.91 Å². The lowest BCUT2D eigenvalue weighted by Gasteiger charge is -2.12. The SMILES string of the molecule is CCCOCn1cnc(C(=O)N(C)OC)c1C. The molecule has 0 aliphatic heterocycles. The van der Waals surface area contributed by atoms with Gasteiger partial charge in [-0.25, -0.2) is 10.0 Å². The standard InChI is InChI=1S/C11H19N3O3/c1-5-6-17-8-14-7-12-10(9(14)2)11(15)13(3)16-4/h7H,5-6,8H2,1-4H3. The van der Waals surface area contributed by atoms with Crippen LogP contribution in [0.3, 0.4) is 0 Å². The van der Waals surface area contributed by atoms with Crippen LogP contribution < -0.4 is 0 Å². The molecule has 1 heterocycles. The minimum absolute atomic E-state index is 0.265. The van der Waals surface area contributed by atoms with Gasteiger partial charge >= 0.3 is 0 Å². The van der Waals surface area contributed by atoms with Crippen LogP contribution in [0.5, 0.6) is 0 Å². The molecule has 1 aromatic heterocycles. The van der Waals surface area contributed by atoms with Gasteiger partial charge in [-0.1, -0.05) is 6.92 Å². The van der Waals surface area contributed by atoms with Gasteiger partial charge in [0.15, 0.2) is 5.69 Å². The first-order chi connectivity index (χ1) is 8.11. The van der Waals surface area contributed by atoms with Gasteiger partial charge in [-0.3, -0.25) is 9.63 Å². The van der Waals surface area contributed by atoms with Crippen molar-refractivity contribution in [1.82, 2.24) is 14.6 Å². The molecule has 0 aromatic carbocycles. The smallest absolute Gasteiger partial charge is 0.297 e. The van der Waals surface area contributed by atoms with Crippen molar-refractivity contribution in [3.05, 3.63) is 17.7 Å². The topological polar surface area (TPSA) is 56.6 Å². The monoisotopic (exact) mass is 241 g/mol. The highest BCUT2D eigenvalue weighted by Crippen LogP contribution is 2.09. The second-order valence-corrected chi connectivity index (χ2v) is 3.67. The Kier molecular flexibility index (Phi) is 5.11. The molecule has 0 aliphatic carbocycles. The van der Waals surface area contributed by atoms with Gasteiger partial charge in [0.1, 0.15) is 6.73 Å². The van der Waals surface area contributed by atoms with Crippen molar-refractivity contribution < 1.29 is 14.4 Å². The van der Waals surface area contributed by atoms with Gasteiger partial charge in [-0.2, -0.15) is 0 Å². The molecule has 0 saturated carbocycles. The molecular weight excluding hydrogens is 222 g/mol. The van der Waals surface area contributed by atoms with E-state index in [1.54, 1.807) is 17.9 Å². The van der Waals surface area contributed by atoms with Crippen molar-refractivity contribution in [3.63, 3.8) is 0 Å². The normalized spacial score (nSPS) is 10.6. The molecule has 0 radical (unpaired) electrons. The fraction of sp³-hybridized carbons (Fsp3) is 0.636. The van der Waals surface area contributed by atoms with Crippen molar-refractivity contribution in [2.45, 2.75) is 27.0 Å². The highest BCUT2D eigenvalue weighted by atomic mass is 16.7. The maximum Gasteiger partial charge on any atom is 0.297 e. The lowest BCUT2D eigenvalue weighted by molar-refractivity contribution is -0.0760. The molecule has 0 saturated heterocycles. The van der Waals surface area contributed by atoms with Crippen LogP contribution in [0.25, 0.3) is 0 Å². The predicted molar refractivity (Wildman–Crippen MR) is 62.3 cm³/mol. The fourth-order valence-corrected chi connectivity index (χ4v) is 1.32. The number of hydrogen-bond donors (Lipinski definition) is 0. The van der Waals surface area contributed by atoms with E-state index >= 15 is 0 Å². The van der Waals surface area contributed by atoms with Crippen LogP contribution in [-0.4, -0.2) is 41.3 Å². The quantitative estimate of drug-likeness (QED) is 0.555. The van der Waals surface area contributed by atoms with Gasteiger partial charge in [0, 0.05) is 19.3 Å². The molecule has 1 amide bonds. The molecule has 96 valence electrons. The molecule has 0 atom stereocenters. The minimum Gasteiger partial charge on any atom is -0.361 e. The lowest BCUT2D eigenvalue weighted by atomic mass is 10.3. The molecule has 6 nitrogen and oxygen atoms in total. The minimum atomic E-state index is -0.265. The average molecular weight is 241 g/mol. The van der Waals surface area contributed by atoms with Gasteiger partial charge in [-0.15, -0.1) is 0 Å². The van der Waals surface area contributed by atoms with Gasteiger partial charge in [0.05, 0.1) is 13.4 Å². The third-order valence-electron chi connectivity index (χ3n) is 2.44. The van der Waals surface area contributed by atoms with Crippen molar-refractivity contribution in [1.29, 1.82) is 0 Å². The van der Waals surface area contributed by atoms with E-state index in [1.165, 1.54) is 7.11 Å². The Hall–Kier alpha value is -1.40. The van der Waals surface area contributed by atoms with Crippen LogP contribution in [0.15, 0.2) is 6.33 Å². The van der Waals surface area contributed by atoms with Crippen molar-refractivity contribution in [2.75, 3.05) is 20.8 Å².